The van der Waals surface area contributed by atoms with Crippen LogP contribution in [0.4, 0.5) is 0 Å². The van der Waals surface area contributed by atoms with Crippen LogP contribution in [0, 0.1) is 22.7 Å². The van der Waals surface area contributed by atoms with Crippen molar-refractivity contribution in [3.63, 3.8) is 0 Å². The van der Waals surface area contributed by atoms with E-state index in [1.165, 1.54) is 20.3 Å². The molecule has 0 spiro atoms. The normalized spacial score (nSPS) is 9.95. The van der Waals surface area contributed by atoms with Crippen LogP contribution in [0.3, 0.4) is 0 Å². The molecule has 0 aromatic heterocycles. The number of phosphoric ester groups is 2. The molecular formula is C10H20N2O8P2. The van der Waals surface area contributed by atoms with Gasteiger partial charge in [-0.2, -0.15) is 10.5 Å². The van der Waals surface area contributed by atoms with E-state index in [2.05, 4.69) is 29.2 Å². The van der Waals surface area contributed by atoms with E-state index in [4.69, 9.17) is 15.4 Å². The van der Waals surface area contributed by atoms with Gasteiger partial charge in [0, 0.05) is 34.5 Å². The zero-order valence-corrected chi connectivity index (χ0v) is 14.6. The smallest absolute Gasteiger partial charge is 0.303 e. The summed E-state index contributed by atoms with van der Waals surface area (Å²) in [5.41, 5.74) is 0. The Labute approximate surface area is 130 Å². The Hall–Kier alpha value is -1.06. The van der Waals surface area contributed by atoms with Crippen LogP contribution >= 0.6 is 15.6 Å². The fourth-order valence-corrected chi connectivity index (χ4v) is 1.28. The van der Waals surface area contributed by atoms with Crippen molar-refractivity contribution >= 4 is 15.6 Å². The summed E-state index contributed by atoms with van der Waals surface area (Å²) in [5.74, 6) is 0. The molecule has 0 aromatic rings. The van der Waals surface area contributed by atoms with Gasteiger partial charge < -0.3 is 4.89 Å². The molecular weight excluding hydrogens is 338 g/mol. The fourth-order valence-electron chi connectivity index (χ4n) is 0.458. The van der Waals surface area contributed by atoms with E-state index >= 15 is 0 Å². The van der Waals surface area contributed by atoms with Crippen molar-refractivity contribution in [3.05, 3.63) is 12.7 Å². The third-order valence-electron chi connectivity index (χ3n) is 1.46. The molecule has 0 aliphatic rings. The maximum absolute atomic E-state index is 11.0. The van der Waals surface area contributed by atoms with E-state index in [1.54, 1.807) is 6.07 Å². The minimum Gasteiger partial charge on any atom is -0.303 e. The molecule has 0 radical (unpaired) electrons. The van der Waals surface area contributed by atoms with Crippen LogP contribution < -0.4 is 0 Å². The van der Waals surface area contributed by atoms with Crippen LogP contribution in [0.1, 0.15) is 6.42 Å². The van der Waals surface area contributed by atoms with E-state index in [-0.39, 0.29) is 13.0 Å². The van der Waals surface area contributed by atoms with Crippen molar-refractivity contribution < 1.29 is 36.6 Å². The predicted octanol–water partition coefficient (Wildman–Crippen LogP) is 2.39. The Kier molecular flexibility index (Phi) is 19.2. The first-order valence-electron chi connectivity index (χ1n) is 5.40. The maximum atomic E-state index is 11.0. The molecule has 0 unspecified atom stereocenters. The molecule has 0 bridgehead atoms. The molecule has 10 nitrogen and oxygen atoms in total. The van der Waals surface area contributed by atoms with Crippen molar-refractivity contribution in [2.24, 2.45) is 0 Å². The Morgan fingerprint density at radius 2 is 1.50 bits per heavy atom. The van der Waals surface area contributed by atoms with Gasteiger partial charge in [-0.15, -0.1) is 0 Å². The van der Waals surface area contributed by atoms with Crippen LogP contribution in [0.25, 0.3) is 0 Å². The number of hydrogen-bond donors (Lipinski definition) is 1. The van der Waals surface area contributed by atoms with E-state index in [0.29, 0.717) is 0 Å². The Morgan fingerprint density at radius 3 is 1.68 bits per heavy atom. The first-order valence-corrected chi connectivity index (χ1v) is 8.35. The molecule has 0 saturated carbocycles. The van der Waals surface area contributed by atoms with Crippen molar-refractivity contribution in [1.82, 2.24) is 0 Å². The zero-order valence-electron chi connectivity index (χ0n) is 12.8. The summed E-state index contributed by atoms with van der Waals surface area (Å²) in [4.78, 5) is 8.24. The lowest BCUT2D eigenvalue weighted by Gasteiger charge is -2.11. The van der Waals surface area contributed by atoms with Gasteiger partial charge >= 0.3 is 15.6 Å². The number of phosphoric acid groups is 2. The highest BCUT2D eigenvalue weighted by Gasteiger charge is 2.21. The lowest BCUT2D eigenvalue weighted by Crippen LogP contribution is -1.95. The van der Waals surface area contributed by atoms with E-state index in [0.717, 1.165) is 14.2 Å². The highest BCUT2D eigenvalue weighted by atomic mass is 31.2. The second kappa shape index (κ2) is 16.3. The first kappa shape index (κ1) is 25.9. The Bertz CT molecular complexity index is 441. The monoisotopic (exact) mass is 358 g/mol. The molecule has 0 aliphatic carbocycles. The molecule has 1 N–H and O–H groups in total. The van der Waals surface area contributed by atoms with Crippen molar-refractivity contribution in [2.75, 3.05) is 35.0 Å². The fraction of sp³-hybridized carbons (Fsp3) is 0.600. The SMILES string of the molecule is C=CC#N.COP(=O)(O)OC.COP(=O)(OC)OCCC#N. The largest absolute Gasteiger partial charge is 0.474 e. The van der Waals surface area contributed by atoms with Gasteiger partial charge in [-0.3, -0.25) is 22.6 Å². The van der Waals surface area contributed by atoms with Crippen LogP contribution in [-0.4, -0.2) is 39.9 Å². The van der Waals surface area contributed by atoms with Gasteiger partial charge in [-0.25, -0.2) is 9.13 Å². The second-order valence-corrected chi connectivity index (χ2v) is 6.27. The minimum absolute atomic E-state index is 0.0510. The second-order valence-electron chi connectivity index (χ2n) is 2.72. The van der Waals surface area contributed by atoms with Gasteiger partial charge in [0.05, 0.1) is 25.2 Å². The maximum Gasteiger partial charge on any atom is 0.474 e. The standard InChI is InChI=1S/C5H10NO4P.C3H3N.C2H7O4P/c1-8-11(7,9-2)10-5-3-4-6;1-2-3-4;1-5-7(3,4)6-2/h3,5H2,1-2H3;2H,1H2;1-2H3,(H,3,4). The lowest BCUT2D eigenvalue weighted by molar-refractivity contribution is 0.154. The van der Waals surface area contributed by atoms with Gasteiger partial charge in [-0.05, 0) is 0 Å². The quantitative estimate of drug-likeness (QED) is 0.408. The minimum atomic E-state index is -3.65. The Balaban J connectivity index is -0.000000280. The van der Waals surface area contributed by atoms with E-state index < -0.39 is 15.6 Å². The summed E-state index contributed by atoms with van der Waals surface area (Å²) in [6, 6.07) is 3.53. The molecule has 0 atom stereocenters. The number of nitrogens with zero attached hydrogens (tertiary/aromatic N) is 2. The highest BCUT2D eigenvalue weighted by Crippen LogP contribution is 2.47. The van der Waals surface area contributed by atoms with Crippen molar-refractivity contribution in [2.45, 2.75) is 6.42 Å². The van der Waals surface area contributed by atoms with E-state index in [1.807, 2.05) is 6.07 Å². The van der Waals surface area contributed by atoms with Crippen LogP contribution in [0.2, 0.25) is 0 Å². The summed E-state index contributed by atoms with van der Waals surface area (Å²) in [6.45, 7) is 3.17. The molecule has 0 heterocycles. The van der Waals surface area contributed by atoms with Crippen LogP contribution in [0.5, 0.6) is 0 Å². The molecule has 22 heavy (non-hydrogen) atoms. The molecule has 12 heteroatoms. The van der Waals surface area contributed by atoms with E-state index in [9.17, 15) is 9.13 Å². The summed E-state index contributed by atoms with van der Waals surface area (Å²) in [5, 5.41) is 15.6. The molecule has 0 rings (SSSR count). The summed E-state index contributed by atoms with van der Waals surface area (Å²) >= 11 is 0. The third kappa shape index (κ3) is 18.9. The van der Waals surface area contributed by atoms with Crippen molar-refractivity contribution in [3.8, 4) is 12.1 Å². The van der Waals surface area contributed by atoms with Gasteiger partial charge in [0.25, 0.3) is 0 Å². The molecule has 0 amide bonds. The number of hydrogen-bond acceptors (Lipinski definition) is 9. The Morgan fingerprint density at radius 1 is 1.09 bits per heavy atom. The topological polar surface area (TPSA) is 148 Å². The summed E-state index contributed by atoms with van der Waals surface area (Å²) in [6.07, 6.45) is 1.34. The molecule has 128 valence electrons. The molecule has 0 saturated heterocycles. The third-order valence-corrected chi connectivity index (χ3v) is 3.78. The van der Waals surface area contributed by atoms with Crippen LogP contribution in [-0.2, 0) is 31.7 Å². The summed E-state index contributed by atoms with van der Waals surface area (Å²) in [7, 11) is -2.38. The zero-order chi connectivity index (χ0) is 18.1. The average molecular weight is 358 g/mol. The molecule has 0 fully saturated rings. The number of allylic oxidation sites excluding steroid dienone is 1. The number of nitriles is 2. The van der Waals surface area contributed by atoms with Crippen molar-refractivity contribution in [1.29, 1.82) is 10.5 Å². The number of rotatable bonds is 7. The summed E-state index contributed by atoms with van der Waals surface area (Å²) < 4.78 is 42.6. The predicted molar refractivity (Wildman–Crippen MR) is 77.5 cm³/mol. The molecule has 0 aliphatic heterocycles. The van der Waals surface area contributed by atoms with Gasteiger partial charge in [0.1, 0.15) is 0 Å². The van der Waals surface area contributed by atoms with Gasteiger partial charge in [0.2, 0.25) is 0 Å². The van der Waals surface area contributed by atoms with Gasteiger partial charge in [0.15, 0.2) is 0 Å². The van der Waals surface area contributed by atoms with Gasteiger partial charge in [-0.1, -0.05) is 6.58 Å². The first-order chi connectivity index (χ1) is 10.2. The highest BCUT2D eigenvalue weighted by molar-refractivity contribution is 7.48. The van der Waals surface area contributed by atoms with Crippen LogP contribution in [0.15, 0.2) is 12.7 Å². The molecule has 0 aromatic carbocycles. The average Bonchev–Trinajstić information content (AvgIpc) is 2.55. The lowest BCUT2D eigenvalue weighted by atomic mass is 10.5.